The van der Waals surface area contributed by atoms with Crippen molar-refractivity contribution in [2.24, 2.45) is 0 Å². The van der Waals surface area contributed by atoms with Crippen LogP contribution in [0, 0.1) is 0 Å². The summed E-state index contributed by atoms with van der Waals surface area (Å²) in [5.74, 6) is 0.0181. The fraction of sp³-hybridized carbons (Fsp3) is 0.429. The Balaban J connectivity index is 0.000000861. The van der Waals surface area contributed by atoms with Gasteiger partial charge >= 0.3 is 0 Å². The number of thiazole rings is 1. The SMILES string of the molecule is C/C=C(/O)c1c(CCC)c2ncsc2[nH]c1=O.CC. The topological polar surface area (TPSA) is 66.0 Å². The number of H-pyrrole nitrogens is 1. The van der Waals surface area contributed by atoms with Crippen molar-refractivity contribution < 1.29 is 5.11 Å². The molecule has 0 radical (unpaired) electrons. The highest BCUT2D eigenvalue weighted by Crippen LogP contribution is 2.24. The van der Waals surface area contributed by atoms with E-state index in [2.05, 4.69) is 9.97 Å². The lowest BCUT2D eigenvalue weighted by atomic mass is 10.0. The van der Waals surface area contributed by atoms with Crippen LogP contribution in [0.25, 0.3) is 16.1 Å². The summed E-state index contributed by atoms with van der Waals surface area (Å²) in [6.07, 6.45) is 3.17. The maximum Gasteiger partial charge on any atom is 0.260 e. The van der Waals surface area contributed by atoms with Crippen molar-refractivity contribution in [3.05, 3.63) is 33.1 Å². The average Bonchev–Trinajstić information content (AvgIpc) is 2.88. The largest absolute Gasteiger partial charge is 0.507 e. The number of allylic oxidation sites excluding steroid dienone is 1. The third kappa shape index (κ3) is 3.04. The van der Waals surface area contributed by atoms with E-state index in [0.29, 0.717) is 5.56 Å². The standard InChI is InChI=1S/C12H14N2O2S.C2H6/c1-3-5-7-9(8(15)4-2)11(16)14-12-10(7)13-6-17-12;1-2/h4,6,15H,3,5H2,1-2H3,(H,14,16);1-2H3/b8-4+;. The van der Waals surface area contributed by atoms with Gasteiger partial charge in [0.05, 0.1) is 11.1 Å². The van der Waals surface area contributed by atoms with Crippen molar-refractivity contribution >= 4 is 27.4 Å². The molecule has 2 N–H and O–H groups in total. The van der Waals surface area contributed by atoms with Gasteiger partial charge in [0, 0.05) is 0 Å². The molecule has 0 bridgehead atoms. The zero-order valence-electron chi connectivity index (χ0n) is 11.8. The number of aliphatic hydroxyl groups is 1. The van der Waals surface area contributed by atoms with E-state index in [-0.39, 0.29) is 11.3 Å². The molecule has 4 nitrogen and oxygen atoms in total. The van der Waals surface area contributed by atoms with Gasteiger partial charge in [0.25, 0.3) is 5.56 Å². The Labute approximate surface area is 116 Å². The zero-order valence-corrected chi connectivity index (χ0v) is 12.6. The van der Waals surface area contributed by atoms with Crippen LogP contribution in [0.1, 0.15) is 45.2 Å². The number of pyridine rings is 1. The first-order chi connectivity index (χ1) is 9.19. The Morgan fingerprint density at radius 3 is 2.79 bits per heavy atom. The van der Waals surface area contributed by atoms with Crippen molar-refractivity contribution in [2.75, 3.05) is 0 Å². The summed E-state index contributed by atoms with van der Waals surface area (Å²) in [6, 6.07) is 0. The summed E-state index contributed by atoms with van der Waals surface area (Å²) < 4.78 is 0. The molecule has 0 spiro atoms. The minimum atomic E-state index is -0.249. The van der Waals surface area contributed by atoms with Gasteiger partial charge in [0.15, 0.2) is 0 Å². The van der Waals surface area contributed by atoms with E-state index in [9.17, 15) is 9.90 Å². The third-order valence-electron chi connectivity index (χ3n) is 2.64. The Bertz CT molecular complexity index is 626. The van der Waals surface area contributed by atoms with Crippen molar-refractivity contribution in [3.63, 3.8) is 0 Å². The second-order valence-electron chi connectivity index (χ2n) is 3.76. The molecule has 2 heterocycles. The smallest absolute Gasteiger partial charge is 0.260 e. The molecule has 0 fully saturated rings. The molecule has 0 aliphatic heterocycles. The summed E-state index contributed by atoms with van der Waals surface area (Å²) in [5.41, 5.74) is 3.44. The van der Waals surface area contributed by atoms with Gasteiger partial charge in [-0.05, 0) is 25.0 Å². The normalized spacial score (nSPS) is 11.3. The van der Waals surface area contributed by atoms with Crippen LogP contribution in [0.15, 0.2) is 16.4 Å². The molecule has 2 aromatic rings. The lowest BCUT2D eigenvalue weighted by Crippen LogP contribution is -2.15. The number of nitrogens with zero attached hydrogens (tertiary/aromatic N) is 1. The number of nitrogens with one attached hydrogen (secondary N) is 1. The van der Waals surface area contributed by atoms with E-state index < -0.39 is 0 Å². The van der Waals surface area contributed by atoms with Crippen molar-refractivity contribution in [2.45, 2.75) is 40.5 Å². The number of aromatic nitrogens is 2. The molecule has 0 amide bonds. The van der Waals surface area contributed by atoms with E-state index in [1.807, 2.05) is 20.8 Å². The van der Waals surface area contributed by atoms with Crippen LogP contribution in [0.4, 0.5) is 0 Å². The van der Waals surface area contributed by atoms with Gasteiger partial charge < -0.3 is 10.1 Å². The van der Waals surface area contributed by atoms with Crippen LogP contribution in [0.5, 0.6) is 0 Å². The van der Waals surface area contributed by atoms with Gasteiger partial charge in [0.1, 0.15) is 16.1 Å². The Hall–Kier alpha value is -1.62. The molecule has 0 saturated carbocycles. The molecule has 0 aromatic carbocycles. The summed E-state index contributed by atoms with van der Waals surface area (Å²) in [5, 5.41) is 9.83. The Kier molecular flexibility index (Phi) is 5.76. The molecule has 19 heavy (non-hydrogen) atoms. The monoisotopic (exact) mass is 280 g/mol. The van der Waals surface area contributed by atoms with E-state index in [1.165, 1.54) is 17.4 Å². The average molecular weight is 280 g/mol. The predicted octanol–water partition coefficient (Wildman–Crippen LogP) is 3.88. The van der Waals surface area contributed by atoms with E-state index in [1.54, 1.807) is 12.4 Å². The van der Waals surface area contributed by atoms with Crippen molar-refractivity contribution in [1.82, 2.24) is 9.97 Å². The number of hydrogen-bond acceptors (Lipinski definition) is 4. The number of hydrogen-bond donors (Lipinski definition) is 2. The van der Waals surface area contributed by atoms with Crippen LogP contribution in [-0.2, 0) is 6.42 Å². The number of rotatable bonds is 3. The van der Waals surface area contributed by atoms with Crippen LogP contribution in [-0.4, -0.2) is 15.1 Å². The lowest BCUT2D eigenvalue weighted by molar-refractivity contribution is 0.508. The highest BCUT2D eigenvalue weighted by Gasteiger charge is 2.16. The zero-order chi connectivity index (χ0) is 14.4. The first-order valence-corrected chi connectivity index (χ1v) is 7.41. The summed E-state index contributed by atoms with van der Waals surface area (Å²) in [4.78, 5) is 19.7. The van der Waals surface area contributed by atoms with Gasteiger partial charge in [-0.25, -0.2) is 4.98 Å². The molecule has 5 heteroatoms. The molecular formula is C14H20N2O2S. The van der Waals surface area contributed by atoms with Crippen LogP contribution in [0.2, 0.25) is 0 Å². The Morgan fingerprint density at radius 1 is 1.53 bits per heavy atom. The van der Waals surface area contributed by atoms with Gasteiger partial charge in [0.2, 0.25) is 0 Å². The first kappa shape index (κ1) is 15.4. The van der Waals surface area contributed by atoms with E-state index in [4.69, 9.17) is 0 Å². The highest BCUT2D eigenvalue weighted by atomic mass is 32.1. The minimum Gasteiger partial charge on any atom is -0.507 e. The van der Waals surface area contributed by atoms with E-state index in [0.717, 1.165) is 28.8 Å². The van der Waals surface area contributed by atoms with Crippen LogP contribution >= 0.6 is 11.3 Å². The van der Waals surface area contributed by atoms with Crippen molar-refractivity contribution in [1.29, 1.82) is 0 Å². The molecule has 2 rings (SSSR count). The maximum absolute atomic E-state index is 11.9. The number of aryl methyl sites for hydroxylation is 1. The van der Waals surface area contributed by atoms with Gasteiger partial charge in [-0.3, -0.25) is 4.79 Å². The van der Waals surface area contributed by atoms with Crippen LogP contribution in [0.3, 0.4) is 0 Å². The molecule has 0 aliphatic rings. The quantitative estimate of drug-likeness (QED) is 0.838. The molecule has 0 aliphatic carbocycles. The fourth-order valence-corrected chi connectivity index (χ4v) is 2.58. The highest BCUT2D eigenvalue weighted by molar-refractivity contribution is 7.16. The van der Waals surface area contributed by atoms with Gasteiger partial charge in [-0.1, -0.05) is 27.2 Å². The molecule has 0 atom stereocenters. The number of fused-ring (bicyclic) bond motifs is 1. The third-order valence-corrected chi connectivity index (χ3v) is 3.38. The molecule has 104 valence electrons. The predicted molar refractivity (Wildman–Crippen MR) is 81.9 cm³/mol. The number of aliphatic hydroxyl groups excluding tert-OH is 1. The summed E-state index contributed by atoms with van der Waals surface area (Å²) >= 11 is 1.40. The molecular weight excluding hydrogens is 260 g/mol. The second kappa shape index (κ2) is 7.09. The lowest BCUT2D eigenvalue weighted by Gasteiger charge is -2.07. The molecule has 0 unspecified atom stereocenters. The summed E-state index contributed by atoms with van der Waals surface area (Å²) in [7, 11) is 0. The first-order valence-electron chi connectivity index (χ1n) is 6.53. The van der Waals surface area contributed by atoms with Gasteiger partial charge in [-0.2, -0.15) is 0 Å². The fourth-order valence-electron chi connectivity index (χ4n) is 1.88. The summed E-state index contributed by atoms with van der Waals surface area (Å²) in [6.45, 7) is 7.74. The van der Waals surface area contributed by atoms with Crippen molar-refractivity contribution in [3.8, 4) is 0 Å². The van der Waals surface area contributed by atoms with Crippen LogP contribution < -0.4 is 5.56 Å². The Morgan fingerprint density at radius 2 is 2.21 bits per heavy atom. The minimum absolute atomic E-state index is 0.0181. The molecule has 2 aromatic heterocycles. The molecule has 0 saturated heterocycles. The second-order valence-corrected chi connectivity index (χ2v) is 4.62. The number of aromatic amines is 1. The van der Waals surface area contributed by atoms with Gasteiger partial charge in [-0.15, -0.1) is 11.3 Å². The van der Waals surface area contributed by atoms with E-state index >= 15 is 0 Å². The maximum atomic E-state index is 11.9.